The SMILES string of the molecule is COC(CNS(=O)(=O)c1ccc(Cl)cc1F)c1ccccc1. The van der Waals surface area contributed by atoms with Crippen LogP contribution in [0.15, 0.2) is 53.4 Å². The topological polar surface area (TPSA) is 55.4 Å². The minimum Gasteiger partial charge on any atom is -0.375 e. The first kappa shape index (κ1) is 16.9. The van der Waals surface area contributed by atoms with Crippen molar-refractivity contribution in [1.82, 2.24) is 4.72 Å². The Bertz CT molecular complexity index is 738. The van der Waals surface area contributed by atoms with E-state index in [2.05, 4.69) is 4.72 Å². The predicted octanol–water partition coefficient (Wildman–Crippen LogP) is 3.15. The van der Waals surface area contributed by atoms with Crippen molar-refractivity contribution in [2.24, 2.45) is 0 Å². The quantitative estimate of drug-likeness (QED) is 0.876. The van der Waals surface area contributed by atoms with Crippen LogP contribution in [0.25, 0.3) is 0 Å². The molecule has 118 valence electrons. The van der Waals surface area contributed by atoms with Crippen molar-refractivity contribution >= 4 is 21.6 Å². The molecular weight excluding hydrogens is 329 g/mol. The minimum absolute atomic E-state index is 0.00901. The molecule has 2 aromatic rings. The second kappa shape index (κ2) is 7.19. The third kappa shape index (κ3) is 4.04. The summed E-state index contributed by atoms with van der Waals surface area (Å²) in [4.78, 5) is -0.445. The molecule has 2 rings (SSSR count). The number of rotatable bonds is 6. The van der Waals surface area contributed by atoms with Crippen molar-refractivity contribution < 1.29 is 17.5 Å². The van der Waals surface area contributed by atoms with E-state index in [-0.39, 0.29) is 11.6 Å². The fraction of sp³-hybridized carbons (Fsp3) is 0.200. The molecule has 0 aliphatic heterocycles. The summed E-state index contributed by atoms with van der Waals surface area (Å²) in [6.45, 7) is -0.00901. The van der Waals surface area contributed by atoms with Crippen molar-refractivity contribution in [3.8, 4) is 0 Å². The first-order valence-corrected chi connectivity index (χ1v) is 8.32. The average Bonchev–Trinajstić information content (AvgIpc) is 2.48. The number of hydrogen-bond donors (Lipinski definition) is 1. The van der Waals surface area contributed by atoms with Gasteiger partial charge in [-0.15, -0.1) is 0 Å². The minimum atomic E-state index is -3.98. The molecule has 1 N–H and O–H groups in total. The van der Waals surface area contributed by atoms with Crippen LogP contribution in [-0.4, -0.2) is 22.1 Å². The first-order valence-electron chi connectivity index (χ1n) is 6.46. The van der Waals surface area contributed by atoms with Gasteiger partial charge in [0.25, 0.3) is 0 Å². The Morgan fingerprint density at radius 1 is 1.23 bits per heavy atom. The van der Waals surface area contributed by atoms with Gasteiger partial charge in [0.1, 0.15) is 10.7 Å². The molecule has 0 saturated heterocycles. The van der Waals surface area contributed by atoms with E-state index < -0.39 is 26.8 Å². The van der Waals surface area contributed by atoms with Crippen LogP contribution in [0, 0.1) is 5.82 Å². The lowest BCUT2D eigenvalue weighted by molar-refractivity contribution is 0.107. The summed E-state index contributed by atoms with van der Waals surface area (Å²) in [5, 5.41) is 0.135. The van der Waals surface area contributed by atoms with Crippen LogP contribution in [-0.2, 0) is 14.8 Å². The fourth-order valence-electron chi connectivity index (χ4n) is 1.96. The van der Waals surface area contributed by atoms with Crippen molar-refractivity contribution in [2.45, 2.75) is 11.0 Å². The van der Waals surface area contributed by atoms with Crippen molar-refractivity contribution in [3.05, 3.63) is 64.9 Å². The van der Waals surface area contributed by atoms with Crippen LogP contribution in [0.3, 0.4) is 0 Å². The predicted molar refractivity (Wildman–Crippen MR) is 82.8 cm³/mol. The van der Waals surface area contributed by atoms with Gasteiger partial charge in [-0.05, 0) is 23.8 Å². The Labute approximate surface area is 133 Å². The molecule has 0 aliphatic carbocycles. The molecule has 0 fully saturated rings. The number of nitrogens with one attached hydrogen (secondary N) is 1. The molecule has 2 aromatic carbocycles. The summed E-state index contributed by atoms with van der Waals surface area (Å²) >= 11 is 5.62. The van der Waals surface area contributed by atoms with E-state index in [1.807, 2.05) is 30.3 Å². The molecule has 0 bridgehead atoms. The molecule has 4 nitrogen and oxygen atoms in total. The van der Waals surface area contributed by atoms with Crippen LogP contribution in [0.1, 0.15) is 11.7 Å². The molecule has 0 saturated carbocycles. The monoisotopic (exact) mass is 343 g/mol. The van der Waals surface area contributed by atoms with Crippen molar-refractivity contribution in [2.75, 3.05) is 13.7 Å². The Hall–Kier alpha value is -1.47. The summed E-state index contributed by atoms with van der Waals surface area (Å²) < 4.78 is 45.7. The van der Waals surface area contributed by atoms with E-state index in [0.717, 1.165) is 17.7 Å². The van der Waals surface area contributed by atoms with Crippen LogP contribution < -0.4 is 4.72 Å². The van der Waals surface area contributed by atoms with Crippen LogP contribution >= 0.6 is 11.6 Å². The van der Waals surface area contributed by atoms with E-state index in [1.165, 1.54) is 13.2 Å². The van der Waals surface area contributed by atoms with Gasteiger partial charge in [-0.2, -0.15) is 0 Å². The van der Waals surface area contributed by atoms with Crippen molar-refractivity contribution in [3.63, 3.8) is 0 Å². The summed E-state index contributed by atoms with van der Waals surface area (Å²) in [6.07, 6.45) is -0.466. The van der Waals surface area contributed by atoms with E-state index in [0.29, 0.717) is 0 Å². The molecule has 7 heteroatoms. The standard InChI is InChI=1S/C15H15ClFNO3S/c1-21-14(11-5-3-2-4-6-11)10-18-22(19,20)15-8-7-12(16)9-13(15)17/h2-9,14,18H,10H2,1H3. The lowest BCUT2D eigenvalue weighted by Gasteiger charge is -2.16. The molecule has 22 heavy (non-hydrogen) atoms. The zero-order valence-corrected chi connectivity index (χ0v) is 13.4. The lowest BCUT2D eigenvalue weighted by atomic mass is 10.1. The number of sulfonamides is 1. The maximum Gasteiger partial charge on any atom is 0.243 e. The smallest absolute Gasteiger partial charge is 0.243 e. The number of methoxy groups -OCH3 is 1. The maximum absolute atomic E-state index is 13.7. The van der Waals surface area contributed by atoms with Gasteiger partial charge < -0.3 is 4.74 Å². The highest BCUT2D eigenvalue weighted by Gasteiger charge is 2.21. The number of ether oxygens (including phenoxy) is 1. The third-order valence-corrected chi connectivity index (χ3v) is 4.79. The summed E-state index contributed by atoms with van der Waals surface area (Å²) in [5.41, 5.74) is 0.823. The molecule has 0 aliphatic rings. The van der Waals surface area contributed by atoms with E-state index in [1.54, 1.807) is 0 Å². The normalized spacial score (nSPS) is 13.0. The largest absolute Gasteiger partial charge is 0.375 e. The van der Waals surface area contributed by atoms with Gasteiger partial charge in [-0.25, -0.2) is 17.5 Å². The molecule has 0 aromatic heterocycles. The Morgan fingerprint density at radius 2 is 1.91 bits per heavy atom. The van der Waals surface area contributed by atoms with Gasteiger partial charge in [-0.3, -0.25) is 0 Å². The second-order valence-electron chi connectivity index (χ2n) is 4.56. The molecule has 0 amide bonds. The Balaban J connectivity index is 2.15. The molecule has 0 spiro atoms. The van der Waals surface area contributed by atoms with Gasteiger partial charge in [0.05, 0.1) is 6.10 Å². The Morgan fingerprint density at radius 3 is 2.50 bits per heavy atom. The fourth-order valence-corrected chi connectivity index (χ4v) is 3.21. The average molecular weight is 344 g/mol. The number of hydrogen-bond acceptors (Lipinski definition) is 3. The third-order valence-electron chi connectivity index (χ3n) is 3.10. The van der Waals surface area contributed by atoms with Gasteiger partial charge in [0, 0.05) is 18.7 Å². The Kier molecular flexibility index (Phi) is 5.52. The highest BCUT2D eigenvalue weighted by molar-refractivity contribution is 7.89. The summed E-state index contributed by atoms with van der Waals surface area (Å²) in [5.74, 6) is -0.895. The molecule has 1 unspecified atom stereocenters. The highest BCUT2D eigenvalue weighted by atomic mass is 35.5. The zero-order chi connectivity index (χ0) is 16.2. The van der Waals surface area contributed by atoms with Crippen LogP contribution in [0.4, 0.5) is 4.39 Å². The van der Waals surface area contributed by atoms with E-state index in [4.69, 9.17) is 16.3 Å². The number of halogens is 2. The molecule has 0 radical (unpaired) electrons. The van der Waals surface area contributed by atoms with Gasteiger partial charge in [-0.1, -0.05) is 41.9 Å². The van der Waals surface area contributed by atoms with Crippen LogP contribution in [0.5, 0.6) is 0 Å². The maximum atomic E-state index is 13.7. The highest BCUT2D eigenvalue weighted by Crippen LogP contribution is 2.20. The zero-order valence-electron chi connectivity index (χ0n) is 11.8. The molecule has 0 heterocycles. The van der Waals surface area contributed by atoms with Gasteiger partial charge in [0.15, 0.2) is 0 Å². The van der Waals surface area contributed by atoms with Crippen LogP contribution in [0.2, 0.25) is 5.02 Å². The van der Waals surface area contributed by atoms with E-state index in [9.17, 15) is 12.8 Å². The van der Waals surface area contributed by atoms with Gasteiger partial charge in [0.2, 0.25) is 10.0 Å². The van der Waals surface area contributed by atoms with Gasteiger partial charge >= 0.3 is 0 Å². The van der Waals surface area contributed by atoms with Crippen molar-refractivity contribution in [1.29, 1.82) is 0 Å². The summed E-state index contributed by atoms with van der Waals surface area (Å²) in [7, 11) is -2.50. The summed E-state index contributed by atoms with van der Waals surface area (Å²) in [6, 6.07) is 12.6. The molecular formula is C15H15ClFNO3S. The second-order valence-corrected chi connectivity index (χ2v) is 6.73. The lowest BCUT2D eigenvalue weighted by Crippen LogP contribution is -2.29. The molecule has 1 atom stereocenters. The number of benzene rings is 2. The van der Waals surface area contributed by atoms with E-state index >= 15 is 0 Å². The first-order chi connectivity index (χ1) is 10.4.